The third-order valence-corrected chi connectivity index (χ3v) is 14.9. The van der Waals surface area contributed by atoms with Crippen molar-refractivity contribution in [2.24, 2.45) is 11.3 Å². The van der Waals surface area contributed by atoms with E-state index in [0.29, 0.717) is 49.7 Å². The fraction of sp³-hybridized carbons (Fsp3) is 0.833. The molecular weight excluding hydrogens is 913 g/mol. The number of aliphatic hydroxyl groups is 13. The average Bonchev–Trinajstić information content (AvgIpc) is 3.31. The summed E-state index contributed by atoms with van der Waals surface area (Å²) in [5, 5.41) is 135. The molecular formula is C48H80O21. The van der Waals surface area contributed by atoms with Crippen LogP contribution >= 0.6 is 0 Å². The smallest absolute Gasteiger partial charge is 0.187 e. The number of carbonyl (C=O) groups is 2. The number of ether oxygens (including phenoxy) is 6. The molecule has 4 aliphatic rings. The van der Waals surface area contributed by atoms with Crippen LogP contribution in [0.2, 0.25) is 0 Å². The minimum atomic E-state index is -1.70. The summed E-state index contributed by atoms with van der Waals surface area (Å²) >= 11 is 0. The Balaban J connectivity index is 1.52. The van der Waals surface area contributed by atoms with E-state index in [-0.39, 0.29) is 37.6 Å². The lowest BCUT2D eigenvalue weighted by molar-refractivity contribution is -0.318. The van der Waals surface area contributed by atoms with Crippen LogP contribution in [0.5, 0.6) is 0 Å². The molecule has 3 heterocycles. The summed E-state index contributed by atoms with van der Waals surface area (Å²) in [6.07, 6.45) is -16.1. The maximum atomic E-state index is 13.4. The van der Waals surface area contributed by atoms with Gasteiger partial charge in [0.25, 0.3) is 0 Å². The lowest BCUT2D eigenvalue weighted by atomic mass is 9.54. The van der Waals surface area contributed by atoms with Gasteiger partial charge in [-0.15, -0.1) is 0 Å². The van der Waals surface area contributed by atoms with Crippen molar-refractivity contribution in [2.75, 3.05) is 26.4 Å². The normalized spacial score (nSPS) is 40.6. The van der Waals surface area contributed by atoms with Gasteiger partial charge in [-0.2, -0.15) is 0 Å². The number of hydrogen-bond donors (Lipinski definition) is 13. The first kappa shape index (κ1) is 59.4. The number of Topliss-reactive ketones (excluding diaryl/α,β-unsaturated/α-hetero) is 1. The van der Waals surface area contributed by atoms with Gasteiger partial charge in [-0.05, 0) is 110 Å². The Morgan fingerprint density at radius 2 is 1.25 bits per heavy atom. The molecule has 4 fully saturated rings. The molecule has 19 atom stereocenters. The van der Waals surface area contributed by atoms with E-state index in [0.717, 1.165) is 17.4 Å². The van der Waals surface area contributed by atoms with Crippen LogP contribution in [0.3, 0.4) is 0 Å². The molecule has 0 amide bonds. The van der Waals surface area contributed by atoms with Crippen LogP contribution in [0.25, 0.3) is 0 Å². The Hall–Kier alpha value is -2.20. The van der Waals surface area contributed by atoms with E-state index >= 15 is 0 Å². The predicted molar refractivity (Wildman–Crippen MR) is 242 cm³/mol. The summed E-state index contributed by atoms with van der Waals surface area (Å²) in [7, 11) is 0. The van der Waals surface area contributed by atoms with Crippen molar-refractivity contribution in [3.8, 4) is 0 Å². The van der Waals surface area contributed by atoms with Crippen molar-refractivity contribution in [1.82, 2.24) is 0 Å². The molecule has 398 valence electrons. The standard InChI is InChI=1S/C48H80O21/c1-24(13-15-33(53)46(4,5)69-45-42(62)39(59)36(56)32(23-52)68-45)12-14-29(65-44-41(61)38(58)35(55)31(22-51)67-44)25(2)10-8-17-47(6)28(27(26(3)20-49)16-18-48(47,7)63)11-9-19-64-43-40(60)37(57)34(54)30(21-50)66-43/h10,12,20,28-32,34-45,50-52,54-63H,8-9,11,13-19,21-23H2,1-7H3/b24-12+,25-10+,27-26+/t28-,29+,30-,31-,32-,34-,35-,36-,37+,38+,39+,40-,41-,42-,43-,44-,45+,47+,48-/m0/s1. The summed E-state index contributed by atoms with van der Waals surface area (Å²) < 4.78 is 34.5. The highest BCUT2D eigenvalue weighted by Gasteiger charge is 2.53. The number of allylic oxidation sites excluding steroid dienone is 4. The second-order valence-electron chi connectivity index (χ2n) is 20.1. The fourth-order valence-corrected chi connectivity index (χ4v) is 9.74. The zero-order valence-corrected chi connectivity index (χ0v) is 40.8. The van der Waals surface area contributed by atoms with Crippen LogP contribution in [-0.2, 0) is 38.0 Å². The monoisotopic (exact) mass is 993 g/mol. The Bertz CT molecular complexity index is 1750. The molecule has 4 rings (SSSR count). The van der Waals surface area contributed by atoms with E-state index in [4.69, 9.17) is 28.4 Å². The van der Waals surface area contributed by atoms with E-state index in [1.165, 1.54) is 13.8 Å². The summed E-state index contributed by atoms with van der Waals surface area (Å²) in [5.41, 5.74) is -0.709. The first-order chi connectivity index (χ1) is 32.3. The van der Waals surface area contributed by atoms with E-state index < -0.39 is 135 Å². The Morgan fingerprint density at radius 1 is 0.739 bits per heavy atom. The third kappa shape index (κ3) is 14.1. The maximum absolute atomic E-state index is 13.4. The fourth-order valence-electron chi connectivity index (χ4n) is 9.74. The molecule has 0 unspecified atom stereocenters. The van der Waals surface area contributed by atoms with Gasteiger partial charge in [0.15, 0.2) is 24.7 Å². The van der Waals surface area contributed by atoms with Gasteiger partial charge in [0.1, 0.15) is 85.1 Å². The number of rotatable bonds is 23. The van der Waals surface area contributed by atoms with Crippen molar-refractivity contribution in [3.05, 3.63) is 34.4 Å². The van der Waals surface area contributed by atoms with Crippen LogP contribution in [0.4, 0.5) is 0 Å². The zero-order chi connectivity index (χ0) is 51.8. The van der Waals surface area contributed by atoms with E-state index in [9.17, 15) is 76.0 Å². The molecule has 0 aromatic rings. The highest BCUT2D eigenvalue weighted by atomic mass is 16.7. The summed E-state index contributed by atoms with van der Waals surface area (Å²) in [4.78, 5) is 25.6. The molecule has 69 heavy (non-hydrogen) atoms. The van der Waals surface area contributed by atoms with Crippen molar-refractivity contribution in [2.45, 2.75) is 216 Å². The second-order valence-corrected chi connectivity index (χ2v) is 20.1. The number of hydrogen-bond acceptors (Lipinski definition) is 21. The van der Waals surface area contributed by atoms with Crippen LogP contribution < -0.4 is 0 Å². The molecule has 1 saturated carbocycles. The van der Waals surface area contributed by atoms with Gasteiger partial charge < -0.3 is 94.8 Å². The van der Waals surface area contributed by atoms with Crippen molar-refractivity contribution in [1.29, 1.82) is 0 Å². The number of aldehydes is 1. The number of aliphatic hydroxyl groups excluding tert-OH is 12. The first-order valence-corrected chi connectivity index (χ1v) is 23.9. The summed E-state index contributed by atoms with van der Waals surface area (Å²) in [6, 6.07) is 0. The predicted octanol–water partition coefficient (Wildman–Crippen LogP) is -1.54. The average molecular weight is 993 g/mol. The summed E-state index contributed by atoms with van der Waals surface area (Å²) in [6.45, 7) is 10.1. The van der Waals surface area contributed by atoms with Crippen molar-refractivity contribution < 1.29 is 104 Å². The zero-order valence-electron chi connectivity index (χ0n) is 40.8. The molecule has 1 aliphatic carbocycles. The van der Waals surface area contributed by atoms with Gasteiger partial charge in [0.2, 0.25) is 0 Å². The lowest BCUT2D eigenvalue weighted by Crippen LogP contribution is -2.61. The topological polar surface area (TPSA) is 353 Å². The van der Waals surface area contributed by atoms with Gasteiger partial charge in [0, 0.05) is 18.4 Å². The van der Waals surface area contributed by atoms with Gasteiger partial charge >= 0.3 is 0 Å². The maximum Gasteiger partial charge on any atom is 0.187 e. The molecule has 0 aromatic carbocycles. The Labute approximate surface area is 403 Å². The van der Waals surface area contributed by atoms with Gasteiger partial charge in [-0.3, -0.25) is 9.59 Å². The van der Waals surface area contributed by atoms with E-state index in [1.807, 2.05) is 19.1 Å². The van der Waals surface area contributed by atoms with Crippen LogP contribution in [0.15, 0.2) is 34.4 Å². The van der Waals surface area contributed by atoms with E-state index in [2.05, 4.69) is 0 Å². The Kier molecular flexibility index (Phi) is 22.1. The molecule has 0 aromatic heterocycles. The van der Waals surface area contributed by atoms with Gasteiger partial charge in [-0.25, -0.2) is 0 Å². The van der Waals surface area contributed by atoms with E-state index in [1.54, 1.807) is 27.7 Å². The quantitative estimate of drug-likeness (QED) is 0.0239. The Morgan fingerprint density at radius 3 is 1.78 bits per heavy atom. The molecule has 21 heteroatoms. The molecule has 0 spiro atoms. The lowest BCUT2D eigenvalue weighted by Gasteiger charge is -2.53. The number of carbonyl (C=O) groups excluding carboxylic acids is 2. The van der Waals surface area contributed by atoms with Crippen molar-refractivity contribution >= 4 is 12.1 Å². The minimum absolute atomic E-state index is 0.0284. The molecule has 3 aliphatic heterocycles. The largest absolute Gasteiger partial charge is 0.394 e. The first-order valence-electron chi connectivity index (χ1n) is 23.9. The third-order valence-electron chi connectivity index (χ3n) is 14.9. The van der Waals surface area contributed by atoms with Crippen molar-refractivity contribution in [3.63, 3.8) is 0 Å². The summed E-state index contributed by atoms with van der Waals surface area (Å²) in [5.74, 6) is -0.703. The SMILES string of the molecule is C/C(=C\C[C@@H](O[C@H]1O[C@@H](CO)[C@H](O)[C@@H](O)[C@@H]1O)/C(C)=C/CC[C@]1(C)[C@@H](CCCO[C@H]2O[C@@H](CO)[C@H](O)[C@@H](O)[C@@H]2O)/C(=C(\C)C=O)CC[C@]1(C)O)CCC(=O)C(C)(C)O[C@H]1O[C@@H](CO)[C@H](O)[C@@H](O)[C@@H]1O. The highest BCUT2D eigenvalue weighted by molar-refractivity contribution is 5.86. The van der Waals surface area contributed by atoms with Crippen LogP contribution in [-0.4, -0.2) is 214 Å². The molecule has 0 radical (unpaired) electrons. The molecule has 3 saturated heterocycles. The second kappa shape index (κ2) is 25.6. The molecule has 13 N–H and O–H groups in total. The highest BCUT2D eigenvalue weighted by Crippen LogP contribution is 2.55. The van der Waals surface area contributed by atoms with Gasteiger partial charge in [-0.1, -0.05) is 30.2 Å². The number of ketones is 1. The minimum Gasteiger partial charge on any atom is -0.394 e. The van der Waals surface area contributed by atoms with Crippen LogP contribution in [0.1, 0.15) is 106 Å². The molecule has 21 nitrogen and oxygen atoms in total. The van der Waals surface area contributed by atoms with Gasteiger partial charge in [0.05, 0.1) is 31.5 Å². The molecule has 0 bridgehead atoms. The van der Waals surface area contributed by atoms with Crippen LogP contribution in [0, 0.1) is 11.3 Å².